The van der Waals surface area contributed by atoms with Gasteiger partial charge in [0.05, 0.1) is 19.9 Å². The van der Waals surface area contributed by atoms with E-state index in [1.807, 2.05) is 25.3 Å². The third-order valence-corrected chi connectivity index (χ3v) is 6.76. The maximum Gasteiger partial charge on any atom is 0.339 e. The fourth-order valence-corrected chi connectivity index (χ4v) is 5.30. The van der Waals surface area contributed by atoms with Gasteiger partial charge in [0.15, 0.2) is 5.75 Å². The SMILES string of the molecule is Cc1ccc(S(=O)(=O)Oc2cc3sc(C)nc3c3sccc23)cc1. The van der Waals surface area contributed by atoms with Crippen LogP contribution in [0.5, 0.6) is 5.75 Å². The normalized spacial score (nSPS) is 12.1. The van der Waals surface area contributed by atoms with Crippen molar-refractivity contribution in [2.45, 2.75) is 18.7 Å². The Bertz CT molecular complexity index is 1160. The third-order valence-electron chi connectivity index (χ3n) is 3.68. The summed E-state index contributed by atoms with van der Waals surface area (Å²) in [4.78, 5) is 4.69. The number of thiophene rings is 1. The molecule has 0 atom stereocenters. The highest BCUT2D eigenvalue weighted by Gasteiger charge is 2.20. The van der Waals surface area contributed by atoms with Crippen LogP contribution in [0.3, 0.4) is 0 Å². The molecule has 0 aliphatic rings. The summed E-state index contributed by atoms with van der Waals surface area (Å²) < 4.78 is 32.5. The van der Waals surface area contributed by atoms with Crippen molar-refractivity contribution in [3.05, 3.63) is 52.3 Å². The minimum Gasteiger partial charge on any atom is -0.378 e. The summed E-state index contributed by atoms with van der Waals surface area (Å²) in [5, 5.41) is 3.64. The Morgan fingerprint density at radius 2 is 1.83 bits per heavy atom. The van der Waals surface area contributed by atoms with Gasteiger partial charge < -0.3 is 4.18 Å². The second-order valence-electron chi connectivity index (χ2n) is 5.47. The topological polar surface area (TPSA) is 56.3 Å². The number of rotatable bonds is 3. The average molecular weight is 375 g/mol. The van der Waals surface area contributed by atoms with Crippen LogP contribution in [0.4, 0.5) is 0 Å². The van der Waals surface area contributed by atoms with Crippen LogP contribution in [-0.4, -0.2) is 13.4 Å². The number of aromatic nitrogens is 1. The molecule has 0 bridgehead atoms. The Balaban J connectivity index is 1.86. The quantitative estimate of drug-likeness (QED) is 0.478. The fourth-order valence-electron chi connectivity index (χ4n) is 2.53. The summed E-state index contributed by atoms with van der Waals surface area (Å²) in [6, 6.07) is 10.3. The molecule has 2 aromatic heterocycles. The first kappa shape index (κ1) is 15.6. The molecular weight excluding hydrogens is 362 g/mol. The van der Waals surface area contributed by atoms with Gasteiger partial charge in [0, 0.05) is 11.5 Å². The van der Waals surface area contributed by atoms with E-state index in [-0.39, 0.29) is 4.90 Å². The van der Waals surface area contributed by atoms with Crippen molar-refractivity contribution < 1.29 is 12.6 Å². The van der Waals surface area contributed by atoms with Crippen molar-refractivity contribution in [2.75, 3.05) is 0 Å². The molecule has 2 aromatic carbocycles. The molecule has 4 nitrogen and oxygen atoms in total. The molecular formula is C17H13NO3S3. The van der Waals surface area contributed by atoms with Crippen LogP contribution in [0, 0.1) is 13.8 Å². The summed E-state index contributed by atoms with van der Waals surface area (Å²) >= 11 is 3.07. The van der Waals surface area contributed by atoms with Crippen molar-refractivity contribution in [3.8, 4) is 5.75 Å². The third kappa shape index (κ3) is 2.58. The van der Waals surface area contributed by atoms with Crippen LogP contribution in [-0.2, 0) is 10.1 Å². The molecule has 0 radical (unpaired) electrons. The van der Waals surface area contributed by atoms with Gasteiger partial charge in [-0.25, -0.2) is 4.98 Å². The molecule has 4 rings (SSSR count). The van der Waals surface area contributed by atoms with Crippen LogP contribution in [0.25, 0.3) is 20.3 Å². The van der Waals surface area contributed by atoms with E-state index in [4.69, 9.17) is 4.18 Å². The van der Waals surface area contributed by atoms with E-state index in [1.54, 1.807) is 30.3 Å². The first-order valence-corrected chi connectivity index (χ1v) is 10.3. The molecule has 2 heterocycles. The van der Waals surface area contributed by atoms with Gasteiger partial charge >= 0.3 is 10.1 Å². The van der Waals surface area contributed by atoms with E-state index in [2.05, 4.69) is 4.98 Å². The number of aryl methyl sites for hydroxylation is 2. The standard InChI is InChI=1S/C17H13NO3S3/c1-10-3-5-12(6-4-10)24(19,20)21-14-9-15-16(18-11(2)23-15)17-13(14)7-8-22-17/h3-9H,1-2H3. The second kappa shape index (κ2) is 5.54. The number of nitrogens with zero attached hydrogens (tertiary/aromatic N) is 1. The van der Waals surface area contributed by atoms with Crippen LogP contribution < -0.4 is 4.18 Å². The number of fused-ring (bicyclic) bond motifs is 3. The highest BCUT2D eigenvalue weighted by atomic mass is 32.2. The lowest BCUT2D eigenvalue weighted by Crippen LogP contribution is -2.09. The number of benzene rings is 2. The van der Waals surface area contributed by atoms with Crippen LogP contribution in [0.2, 0.25) is 0 Å². The van der Waals surface area contributed by atoms with Gasteiger partial charge in [-0.05, 0) is 37.4 Å². The minimum absolute atomic E-state index is 0.150. The molecule has 0 unspecified atom stereocenters. The molecule has 7 heteroatoms. The number of hydrogen-bond donors (Lipinski definition) is 0. The van der Waals surface area contributed by atoms with Crippen molar-refractivity contribution in [1.82, 2.24) is 4.98 Å². The molecule has 0 spiro atoms. The van der Waals surface area contributed by atoms with Gasteiger partial charge in [-0.1, -0.05) is 17.7 Å². The van der Waals surface area contributed by atoms with Gasteiger partial charge in [-0.3, -0.25) is 0 Å². The van der Waals surface area contributed by atoms with E-state index in [0.717, 1.165) is 30.9 Å². The Kier molecular flexibility index (Phi) is 3.59. The summed E-state index contributed by atoms with van der Waals surface area (Å²) in [7, 11) is -3.87. The van der Waals surface area contributed by atoms with Crippen molar-refractivity contribution in [2.24, 2.45) is 0 Å². The second-order valence-corrected chi connectivity index (χ2v) is 9.17. The first-order valence-electron chi connectivity index (χ1n) is 7.22. The van der Waals surface area contributed by atoms with Gasteiger partial charge in [0.1, 0.15) is 4.90 Å². The molecule has 0 saturated carbocycles. The molecule has 0 N–H and O–H groups in total. The molecule has 24 heavy (non-hydrogen) atoms. The Hall–Kier alpha value is -1.96. The zero-order valence-corrected chi connectivity index (χ0v) is 15.4. The van der Waals surface area contributed by atoms with Crippen molar-refractivity contribution in [1.29, 1.82) is 0 Å². The lowest BCUT2D eigenvalue weighted by molar-refractivity contribution is 0.489. The lowest BCUT2D eigenvalue weighted by Gasteiger charge is -2.09. The Morgan fingerprint density at radius 1 is 1.08 bits per heavy atom. The number of thiazole rings is 1. The van der Waals surface area contributed by atoms with Crippen molar-refractivity contribution in [3.63, 3.8) is 0 Å². The monoisotopic (exact) mass is 375 g/mol. The average Bonchev–Trinajstić information content (AvgIpc) is 3.13. The van der Waals surface area contributed by atoms with E-state index < -0.39 is 10.1 Å². The van der Waals surface area contributed by atoms with Crippen LogP contribution in [0.15, 0.2) is 46.7 Å². The predicted octanol–water partition coefficient (Wildman–Crippen LogP) is 4.90. The maximum atomic E-state index is 12.6. The van der Waals surface area contributed by atoms with E-state index in [1.165, 1.54) is 22.7 Å². The lowest BCUT2D eigenvalue weighted by atomic mass is 10.2. The zero-order valence-electron chi connectivity index (χ0n) is 12.9. The van der Waals surface area contributed by atoms with Crippen LogP contribution >= 0.6 is 22.7 Å². The van der Waals surface area contributed by atoms with Crippen molar-refractivity contribution >= 4 is 53.1 Å². The van der Waals surface area contributed by atoms with E-state index in [9.17, 15) is 8.42 Å². The molecule has 0 saturated heterocycles. The Morgan fingerprint density at radius 3 is 2.58 bits per heavy atom. The molecule has 122 valence electrons. The largest absolute Gasteiger partial charge is 0.378 e. The summed E-state index contributed by atoms with van der Waals surface area (Å²) in [6.45, 7) is 3.85. The predicted molar refractivity (Wildman–Crippen MR) is 98.7 cm³/mol. The highest BCUT2D eigenvalue weighted by Crippen LogP contribution is 2.39. The van der Waals surface area contributed by atoms with E-state index in [0.29, 0.717) is 5.75 Å². The summed E-state index contributed by atoms with van der Waals surface area (Å²) in [5.41, 5.74) is 1.90. The summed E-state index contributed by atoms with van der Waals surface area (Å²) in [6.07, 6.45) is 0. The highest BCUT2D eigenvalue weighted by molar-refractivity contribution is 7.87. The molecule has 0 aliphatic heterocycles. The van der Waals surface area contributed by atoms with Gasteiger partial charge in [-0.15, -0.1) is 22.7 Å². The zero-order chi connectivity index (χ0) is 16.9. The van der Waals surface area contributed by atoms with E-state index >= 15 is 0 Å². The molecule has 0 amide bonds. The summed E-state index contributed by atoms with van der Waals surface area (Å²) in [5.74, 6) is 0.350. The molecule has 0 aliphatic carbocycles. The Labute approximate surface area is 147 Å². The smallest absolute Gasteiger partial charge is 0.339 e. The molecule has 0 fully saturated rings. The number of hydrogen-bond acceptors (Lipinski definition) is 6. The van der Waals surface area contributed by atoms with Gasteiger partial charge in [0.25, 0.3) is 0 Å². The van der Waals surface area contributed by atoms with Gasteiger partial charge in [-0.2, -0.15) is 8.42 Å². The minimum atomic E-state index is -3.87. The van der Waals surface area contributed by atoms with Gasteiger partial charge in [0.2, 0.25) is 0 Å². The molecule has 4 aromatic rings. The first-order chi connectivity index (χ1) is 11.4. The fraction of sp³-hybridized carbons (Fsp3) is 0.118. The maximum absolute atomic E-state index is 12.6. The van der Waals surface area contributed by atoms with Crippen LogP contribution in [0.1, 0.15) is 10.6 Å².